The van der Waals surface area contributed by atoms with Gasteiger partial charge in [0.05, 0.1) is 16.5 Å². The summed E-state index contributed by atoms with van der Waals surface area (Å²) in [4.78, 5) is 16.9. The molecule has 2 aromatic carbocycles. The Kier molecular flexibility index (Phi) is 4.18. The van der Waals surface area contributed by atoms with Gasteiger partial charge in [-0.2, -0.15) is 0 Å². The Bertz CT molecular complexity index is 947. The summed E-state index contributed by atoms with van der Waals surface area (Å²) in [5.74, 6) is 0.672. The molecule has 0 radical (unpaired) electrons. The van der Waals surface area contributed by atoms with E-state index in [0.29, 0.717) is 10.9 Å². The fourth-order valence-corrected chi connectivity index (χ4v) is 3.47. The van der Waals surface area contributed by atoms with Crippen molar-refractivity contribution in [1.82, 2.24) is 10.3 Å². The van der Waals surface area contributed by atoms with E-state index in [1.807, 2.05) is 60.7 Å². The van der Waals surface area contributed by atoms with E-state index in [-0.39, 0.29) is 12.1 Å². The van der Waals surface area contributed by atoms with Gasteiger partial charge in [-0.25, -0.2) is 9.78 Å². The first kappa shape index (κ1) is 15.4. The second-order valence-corrected chi connectivity index (χ2v) is 6.47. The molecule has 4 rings (SSSR count). The number of urea groups is 1. The van der Waals surface area contributed by atoms with Crippen molar-refractivity contribution < 1.29 is 9.21 Å². The van der Waals surface area contributed by atoms with Crippen LogP contribution in [0.2, 0.25) is 0 Å². The van der Waals surface area contributed by atoms with Gasteiger partial charge in [-0.3, -0.25) is 5.32 Å². The number of aromatic nitrogens is 1. The fraction of sp³-hybridized carbons (Fsp3) is 0.0526. The van der Waals surface area contributed by atoms with Gasteiger partial charge in [-0.05, 0) is 29.8 Å². The Morgan fingerprint density at radius 1 is 1.00 bits per heavy atom. The molecule has 0 saturated carbocycles. The van der Waals surface area contributed by atoms with Gasteiger partial charge in [0.2, 0.25) is 0 Å². The van der Waals surface area contributed by atoms with Crippen LogP contribution in [-0.4, -0.2) is 11.0 Å². The number of nitrogens with zero attached hydrogens (tertiary/aromatic N) is 1. The number of carbonyl (C=O) groups is 1. The Labute approximate surface area is 148 Å². The number of fused-ring (bicyclic) bond motifs is 1. The maximum absolute atomic E-state index is 12.5. The minimum atomic E-state index is -0.370. The summed E-state index contributed by atoms with van der Waals surface area (Å²) in [6, 6.07) is 20.4. The standard InChI is InChI=1S/C19H15N3O2S/c23-18(22-19-20-14-9-4-5-11-16(14)25-19)21-17(15-10-6-12-24-15)13-7-2-1-3-8-13/h1-12,17H,(H2,20,21,22,23)/t17-/m0/s1. The van der Waals surface area contributed by atoms with E-state index in [4.69, 9.17) is 4.42 Å². The van der Waals surface area contributed by atoms with E-state index in [9.17, 15) is 4.79 Å². The molecule has 1 atom stereocenters. The molecule has 124 valence electrons. The van der Waals surface area contributed by atoms with Gasteiger partial charge in [-0.15, -0.1) is 0 Å². The molecule has 0 aliphatic heterocycles. The quantitative estimate of drug-likeness (QED) is 0.556. The van der Waals surface area contributed by atoms with E-state index in [1.165, 1.54) is 11.3 Å². The van der Waals surface area contributed by atoms with E-state index in [2.05, 4.69) is 15.6 Å². The van der Waals surface area contributed by atoms with Gasteiger partial charge in [0.1, 0.15) is 11.8 Å². The van der Waals surface area contributed by atoms with Crippen molar-refractivity contribution in [3.05, 3.63) is 84.3 Å². The predicted molar refractivity (Wildman–Crippen MR) is 98.8 cm³/mol. The number of rotatable bonds is 4. The van der Waals surface area contributed by atoms with Crippen LogP contribution in [0.5, 0.6) is 0 Å². The van der Waals surface area contributed by atoms with E-state index < -0.39 is 0 Å². The third-order valence-corrected chi connectivity index (χ3v) is 4.70. The number of nitrogens with one attached hydrogen (secondary N) is 2. The van der Waals surface area contributed by atoms with Crippen LogP contribution in [0.25, 0.3) is 10.2 Å². The Morgan fingerprint density at radius 2 is 1.80 bits per heavy atom. The lowest BCUT2D eigenvalue weighted by atomic mass is 10.1. The zero-order valence-electron chi connectivity index (χ0n) is 13.2. The summed E-state index contributed by atoms with van der Waals surface area (Å²) >= 11 is 1.44. The van der Waals surface area contributed by atoms with E-state index in [0.717, 1.165) is 15.8 Å². The first-order valence-electron chi connectivity index (χ1n) is 7.81. The summed E-state index contributed by atoms with van der Waals surface area (Å²) in [5.41, 5.74) is 1.81. The lowest BCUT2D eigenvalue weighted by molar-refractivity contribution is 0.248. The van der Waals surface area contributed by atoms with Crippen LogP contribution in [0.4, 0.5) is 9.93 Å². The average Bonchev–Trinajstić information content (AvgIpc) is 3.29. The van der Waals surface area contributed by atoms with Crippen LogP contribution < -0.4 is 10.6 Å². The highest BCUT2D eigenvalue weighted by Crippen LogP contribution is 2.26. The number of hydrogen-bond donors (Lipinski definition) is 2. The monoisotopic (exact) mass is 349 g/mol. The third kappa shape index (κ3) is 3.39. The number of furan rings is 1. The van der Waals surface area contributed by atoms with Gasteiger partial charge in [0.25, 0.3) is 0 Å². The lowest BCUT2D eigenvalue weighted by Crippen LogP contribution is -2.33. The van der Waals surface area contributed by atoms with Crippen LogP contribution in [0, 0.1) is 0 Å². The molecule has 0 saturated heterocycles. The summed E-state index contributed by atoms with van der Waals surface area (Å²) in [7, 11) is 0. The van der Waals surface area contributed by atoms with E-state index >= 15 is 0 Å². The molecular weight excluding hydrogens is 334 g/mol. The minimum absolute atomic E-state index is 0.329. The van der Waals surface area contributed by atoms with Crippen molar-refractivity contribution in [2.24, 2.45) is 0 Å². The van der Waals surface area contributed by atoms with Gasteiger partial charge >= 0.3 is 6.03 Å². The zero-order valence-corrected chi connectivity index (χ0v) is 14.0. The summed E-state index contributed by atoms with van der Waals surface area (Å²) in [6.45, 7) is 0. The minimum Gasteiger partial charge on any atom is -0.467 e. The number of thiazole rings is 1. The highest BCUT2D eigenvalue weighted by molar-refractivity contribution is 7.22. The summed E-state index contributed by atoms with van der Waals surface area (Å²) in [5, 5.41) is 6.32. The second-order valence-electron chi connectivity index (χ2n) is 5.44. The molecule has 5 nitrogen and oxygen atoms in total. The molecule has 4 aromatic rings. The largest absolute Gasteiger partial charge is 0.467 e. The van der Waals surface area contributed by atoms with Crippen LogP contribution >= 0.6 is 11.3 Å². The smallest absolute Gasteiger partial charge is 0.321 e. The SMILES string of the molecule is O=C(Nc1nc2ccccc2s1)N[C@@H](c1ccccc1)c1ccco1. The molecule has 6 heteroatoms. The van der Waals surface area contributed by atoms with Crippen molar-refractivity contribution in [2.75, 3.05) is 5.32 Å². The lowest BCUT2D eigenvalue weighted by Gasteiger charge is -2.17. The number of hydrogen-bond acceptors (Lipinski definition) is 4. The number of para-hydroxylation sites is 1. The maximum Gasteiger partial charge on any atom is 0.321 e. The molecule has 0 spiro atoms. The second kappa shape index (κ2) is 6.78. The van der Waals surface area contributed by atoms with Gasteiger partial charge < -0.3 is 9.73 Å². The Hall–Kier alpha value is -3.12. The first-order valence-corrected chi connectivity index (χ1v) is 8.63. The number of anilines is 1. The van der Waals surface area contributed by atoms with Crippen LogP contribution in [-0.2, 0) is 0 Å². The topological polar surface area (TPSA) is 67.2 Å². The molecule has 0 fully saturated rings. The molecular formula is C19H15N3O2S. The molecule has 0 unspecified atom stereocenters. The normalized spacial score (nSPS) is 12.0. The third-order valence-electron chi connectivity index (χ3n) is 3.75. The fourth-order valence-electron chi connectivity index (χ4n) is 2.61. The van der Waals surface area contributed by atoms with Crippen molar-refractivity contribution in [2.45, 2.75) is 6.04 Å². The first-order chi connectivity index (χ1) is 12.3. The van der Waals surface area contributed by atoms with Crippen LogP contribution in [0.1, 0.15) is 17.4 Å². The molecule has 2 N–H and O–H groups in total. The number of benzene rings is 2. The van der Waals surface area contributed by atoms with Crippen LogP contribution in [0.15, 0.2) is 77.4 Å². The number of amides is 2. The summed E-state index contributed by atoms with van der Waals surface area (Å²) in [6.07, 6.45) is 1.60. The zero-order chi connectivity index (χ0) is 17.1. The predicted octanol–water partition coefficient (Wildman–Crippen LogP) is 4.80. The van der Waals surface area contributed by atoms with Crippen molar-refractivity contribution in [3.8, 4) is 0 Å². The highest BCUT2D eigenvalue weighted by Gasteiger charge is 2.19. The van der Waals surface area contributed by atoms with Crippen LogP contribution in [0.3, 0.4) is 0 Å². The average molecular weight is 349 g/mol. The van der Waals surface area contributed by atoms with Crippen molar-refractivity contribution in [1.29, 1.82) is 0 Å². The van der Waals surface area contributed by atoms with E-state index in [1.54, 1.807) is 12.3 Å². The van der Waals surface area contributed by atoms with Crippen molar-refractivity contribution in [3.63, 3.8) is 0 Å². The molecule has 0 aliphatic carbocycles. The maximum atomic E-state index is 12.5. The molecule has 0 bridgehead atoms. The summed E-state index contributed by atoms with van der Waals surface area (Å²) < 4.78 is 6.52. The molecule has 25 heavy (non-hydrogen) atoms. The highest BCUT2D eigenvalue weighted by atomic mass is 32.1. The Balaban J connectivity index is 1.54. The molecule has 0 aliphatic rings. The molecule has 2 amide bonds. The van der Waals surface area contributed by atoms with Gasteiger partial charge in [-0.1, -0.05) is 53.8 Å². The van der Waals surface area contributed by atoms with Gasteiger partial charge in [0, 0.05) is 0 Å². The van der Waals surface area contributed by atoms with Gasteiger partial charge in [0.15, 0.2) is 5.13 Å². The molecule has 2 aromatic heterocycles. The van der Waals surface area contributed by atoms with Crippen molar-refractivity contribution >= 4 is 32.7 Å². The Morgan fingerprint density at radius 3 is 2.56 bits per heavy atom. The molecule has 2 heterocycles. The number of carbonyl (C=O) groups excluding carboxylic acids is 1.